The molecule has 0 aromatic heterocycles. The van der Waals surface area contributed by atoms with Gasteiger partial charge in [0.1, 0.15) is 6.23 Å². The maximum Gasteiger partial charge on any atom is 0.276 e. The second-order valence-corrected chi connectivity index (χ2v) is 8.97. The molecule has 0 radical (unpaired) electrons. The fourth-order valence-electron chi connectivity index (χ4n) is 5.00. The second-order valence-electron chi connectivity index (χ2n) is 7.65. The molecule has 0 aromatic carbocycles. The summed E-state index contributed by atoms with van der Waals surface area (Å²) in [6.45, 7) is 6.01. The smallest absolute Gasteiger partial charge is 0.276 e. The van der Waals surface area contributed by atoms with E-state index in [1.807, 2.05) is 13.8 Å². The molecular formula is C15H28N2O6S. The molecule has 1 saturated carbocycles. The number of rotatable bonds is 3. The largest absolute Gasteiger partial charge is 0.346 e. The minimum atomic E-state index is -3.92. The monoisotopic (exact) mass is 364 g/mol. The van der Waals surface area contributed by atoms with Gasteiger partial charge in [0.2, 0.25) is 0 Å². The zero-order valence-corrected chi connectivity index (χ0v) is 15.2. The Hall–Kier alpha value is -0.290. The molecule has 9 heteroatoms. The van der Waals surface area contributed by atoms with Gasteiger partial charge in [0.05, 0.1) is 6.10 Å². The van der Waals surface area contributed by atoms with E-state index in [0.29, 0.717) is 5.92 Å². The number of hydrogen-bond donors (Lipinski definition) is 3. The van der Waals surface area contributed by atoms with Gasteiger partial charge in [0.15, 0.2) is 11.9 Å². The molecule has 2 saturated heterocycles. The van der Waals surface area contributed by atoms with Gasteiger partial charge in [-0.15, -0.1) is 0 Å². The first-order valence-electron chi connectivity index (χ1n) is 8.62. The van der Waals surface area contributed by atoms with E-state index in [1.165, 1.54) is 0 Å². The number of hydrogen-bond acceptors (Lipinski definition) is 6. The van der Waals surface area contributed by atoms with E-state index < -0.39 is 28.3 Å². The van der Waals surface area contributed by atoms with Gasteiger partial charge in [-0.1, -0.05) is 13.8 Å². The van der Waals surface area contributed by atoms with Crippen molar-refractivity contribution >= 4 is 10.2 Å². The third-order valence-electron chi connectivity index (χ3n) is 6.21. The van der Waals surface area contributed by atoms with E-state index in [9.17, 15) is 13.7 Å². The van der Waals surface area contributed by atoms with Crippen molar-refractivity contribution in [3.8, 4) is 0 Å². The van der Waals surface area contributed by atoms with Crippen molar-refractivity contribution in [3.05, 3.63) is 0 Å². The van der Waals surface area contributed by atoms with E-state index in [4.69, 9.17) is 19.5 Å². The van der Waals surface area contributed by atoms with Crippen molar-refractivity contribution < 1.29 is 28.0 Å². The normalized spacial score (nSPS) is 49.3. The van der Waals surface area contributed by atoms with E-state index >= 15 is 0 Å². The van der Waals surface area contributed by atoms with Crippen LogP contribution in [0.2, 0.25) is 0 Å². The molecule has 1 aliphatic carbocycles. The summed E-state index contributed by atoms with van der Waals surface area (Å²) in [4.78, 5) is 5.14. The van der Waals surface area contributed by atoms with Crippen molar-refractivity contribution in [2.75, 3.05) is 0 Å². The molecule has 8 nitrogen and oxygen atoms in total. The van der Waals surface area contributed by atoms with Crippen LogP contribution in [0.4, 0.5) is 0 Å². The minimum absolute atomic E-state index is 0.0657. The first-order valence-corrected chi connectivity index (χ1v) is 10.2. The third kappa shape index (κ3) is 3.00. The molecule has 8 atom stereocenters. The molecular weight excluding hydrogens is 336 g/mol. The number of nitrogens with one attached hydrogen (secondary N) is 1. The average molecular weight is 364 g/mol. The summed E-state index contributed by atoms with van der Waals surface area (Å²) in [7, 11) is -3.92. The van der Waals surface area contributed by atoms with Gasteiger partial charge in [0.25, 0.3) is 10.2 Å². The third-order valence-corrected chi connectivity index (χ3v) is 6.77. The van der Waals surface area contributed by atoms with Gasteiger partial charge in [-0.05, 0) is 44.4 Å². The minimum Gasteiger partial charge on any atom is -0.346 e. The van der Waals surface area contributed by atoms with Crippen LogP contribution in [0.25, 0.3) is 0 Å². The Bertz CT molecular complexity index is 572. The molecule has 0 bridgehead atoms. The summed E-state index contributed by atoms with van der Waals surface area (Å²) in [6, 6.07) is 0. The Kier molecular flexibility index (Phi) is 4.98. The van der Waals surface area contributed by atoms with Crippen molar-refractivity contribution in [2.24, 2.45) is 28.8 Å². The fourth-order valence-corrected chi connectivity index (χ4v) is 5.60. The lowest BCUT2D eigenvalue weighted by Crippen LogP contribution is -2.69. The van der Waals surface area contributed by atoms with E-state index in [1.54, 1.807) is 0 Å². The molecule has 0 unspecified atom stereocenters. The van der Waals surface area contributed by atoms with Crippen molar-refractivity contribution in [1.82, 2.24) is 4.72 Å². The van der Waals surface area contributed by atoms with Crippen molar-refractivity contribution in [1.29, 1.82) is 0 Å². The lowest BCUT2D eigenvalue weighted by molar-refractivity contribution is -0.445. The Balaban J connectivity index is 2.01. The molecule has 3 aliphatic rings. The van der Waals surface area contributed by atoms with Crippen LogP contribution in [-0.2, 0) is 24.6 Å². The average Bonchev–Trinajstić information content (AvgIpc) is 2.62. The molecule has 4 N–H and O–H groups in total. The summed E-state index contributed by atoms with van der Waals surface area (Å²) in [5, 5.41) is 15.1. The zero-order valence-electron chi connectivity index (χ0n) is 14.3. The van der Waals surface area contributed by atoms with Crippen LogP contribution in [0.1, 0.15) is 46.5 Å². The van der Waals surface area contributed by atoms with E-state index in [2.05, 4.69) is 11.6 Å². The van der Waals surface area contributed by atoms with Crippen LogP contribution in [0, 0.1) is 23.7 Å². The van der Waals surface area contributed by atoms with Gasteiger partial charge < -0.3 is 9.47 Å². The Labute approximate surface area is 143 Å². The van der Waals surface area contributed by atoms with Gasteiger partial charge >= 0.3 is 0 Å². The Morgan fingerprint density at radius 1 is 1.12 bits per heavy atom. The van der Waals surface area contributed by atoms with E-state index in [0.717, 1.165) is 25.7 Å². The molecule has 3 fully saturated rings. The lowest BCUT2D eigenvalue weighted by atomic mass is 9.58. The SMILES string of the molecule is C[C@H]1[C@H](NS(N)(=O)=O)O[C@@H]2O[C@@H](C)CC[C@H]3[C@H](C)CC[C@@H]1[C@@]23OO. The van der Waals surface area contributed by atoms with E-state index in [-0.39, 0.29) is 23.9 Å². The first-order chi connectivity index (χ1) is 11.2. The van der Waals surface area contributed by atoms with Crippen LogP contribution >= 0.6 is 0 Å². The molecule has 140 valence electrons. The van der Waals surface area contributed by atoms with Crippen LogP contribution in [-0.4, -0.2) is 37.9 Å². The summed E-state index contributed by atoms with van der Waals surface area (Å²) in [5.41, 5.74) is -0.974. The maximum atomic E-state index is 11.5. The lowest BCUT2D eigenvalue weighted by Gasteiger charge is -2.57. The molecule has 0 amide bonds. The summed E-state index contributed by atoms with van der Waals surface area (Å²) in [6.07, 6.45) is 1.80. The molecule has 3 rings (SSSR count). The molecule has 2 heterocycles. The van der Waals surface area contributed by atoms with Crippen LogP contribution in [0.5, 0.6) is 0 Å². The summed E-state index contributed by atoms with van der Waals surface area (Å²) >= 11 is 0. The Morgan fingerprint density at radius 2 is 1.79 bits per heavy atom. The maximum absolute atomic E-state index is 11.5. The molecule has 0 aromatic rings. The highest BCUT2D eigenvalue weighted by molar-refractivity contribution is 7.87. The standard InChI is InChI=1S/C15H28N2O6S/c1-8-4-6-12-10(3)13(17-24(16,19)20)22-14-15(12,23-18)11(8)7-5-9(2)21-14/h8-14,17-18H,4-7H2,1-3H3,(H2,16,19,20)/t8-,9+,10-,11+,12+,13-,14+,15-/m1/s1. The molecule has 0 spiro atoms. The summed E-state index contributed by atoms with van der Waals surface area (Å²) < 4.78 is 37.2. The number of nitrogens with two attached hydrogens (primary N) is 1. The van der Waals surface area contributed by atoms with Crippen molar-refractivity contribution in [3.63, 3.8) is 0 Å². The predicted octanol–water partition coefficient (Wildman–Crippen LogP) is 1.19. The topological polar surface area (TPSA) is 120 Å². The van der Waals surface area contributed by atoms with Crippen molar-refractivity contribution in [2.45, 2.75) is 70.7 Å². The van der Waals surface area contributed by atoms with Crippen LogP contribution in [0.3, 0.4) is 0 Å². The van der Waals surface area contributed by atoms with Crippen LogP contribution < -0.4 is 9.86 Å². The molecule has 24 heavy (non-hydrogen) atoms. The predicted molar refractivity (Wildman–Crippen MR) is 85.7 cm³/mol. The van der Waals surface area contributed by atoms with Gasteiger partial charge in [0, 0.05) is 11.8 Å². The Morgan fingerprint density at radius 3 is 2.42 bits per heavy atom. The highest BCUT2D eigenvalue weighted by atomic mass is 32.2. The van der Waals surface area contributed by atoms with Gasteiger partial charge in [-0.2, -0.15) is 13.1 Å². The quantitative estimate of drug-likeness (QED) is 0.511. The second kappa shape index (κ2) is 6.46. The molecule has 2 aliphatic heterocycles. The van der Waals surface area contributed by atoms with Gasteiger partial charge in [-0.3, -0.25) is 5.26 Å². The first kappa shape index (κ1) is 18.5. The summed E-state index contributed by atoms with van der Waals surface area (Å²) in [5.74, 6) is 0.156. The van der Waals surface area contributed by atoms with Crippen LogP contribution in [0.15, 0.2) is 0 Å². The fraction of sp³-hybridized carbons (Fsp3) is 1.00. The highest BCUT2D eigenvalue weighted by Crippen LogP contribution is 2.56. The van der Waals surface area contributed by atoms with Gasteiger partial charge in [-0.25, -0.2) is 10.0 Å². The zero-order chi connectivity index (χ0) is 17.7. The number of ether oxygens (including phenoxy) is 2. The highest BCUT2D eigenvalue weighted by Gasteiger charge is 2.64.